The fourth-order valence-corrected chi connectivity index (χ4v) is 3.20. The molecule has 0 aliphatic carbocycles. The summed E-state index contributed by atoms with van der Waals surface area (Å²) in [4.78, 5) is 6.73. The highest BCUT2D eigenvalue weighted by molar-refractivity contribution is 6.82. The van der Waals surface area contributed by atoms with Crippen molar-refractivity contribution in [2.75, 3.05) is 7.05 Å². The van der Waals surface area contributed by atoms with Crippen LogP contribution in [0.4, 0.5) is 0 Å². The first kappa shape index (κ1) is 14.1. The zero-order valence-electron chi connectivity index (χ0n) is 13.9. The normalized spacial score (nSPS) is 13.7. The van der Waals surface area contributed by atoms with Gasteiger partial charge in [-0.3, -0.25) is 0 Å². The Bertz CT molecular complexity index is 1040. The van der Waals surface area contributed by atoms with Crippen LogP contribution in [-0.2, 0) is 7.05 Å². The molecule has 1 aliphatic heterocycles. The quantitative estimate of drug-likeness (QED) is 0.475. The number of hydrogen-bond acceptors (Lipinski definition) is 3. The van der Waals surface area contributed by atoms with E-state index in [4.69, 9.17) is 4.42 Å². The highest BCUT2D eigenvalue weighted by Gasteiger charge is 2.30. The van der Waals surface area contributed by atoms with Crippen molar-refractivity contribution >= 4 is 35.7 Å². The number of aryl methyl sites for hydroxylation is 3. The first-order chi connectivity index (χ1) is 11.0. The lowest BCUT2D eigenvalue weighted by molar-refractivity contribution is -0.654. The van der Waals surface area contributed by atoms with Gasteiger partial charge in [0.1, 0.15) is 12.5 Å². The van der Waals surface area contributed by atoms with Gasteiger partial charge in [0.2, 0.25) is 5.71 Å². The third-order valence-corrected chi connectivity index (χ3v) is 4.49. The van der Waals surface area contributed by atoms with Crippen LogP contribution in [0.2, 0.25) is 0 Å². The number of rotatable bonds is 1. The van der Waals surface area contributed by atoms with Crippen molar-refractivity contribution in [2.24, 2.45) is 7.05 Å². The van der Waals surface area contributed by atoms with Crippen molar-refractivity contribution in [3.8, 4) is 0 Å². The SMILES string of the molecule is Cc1cc[n+](C)c(B2C=c3oc4nc(C)ccc4c3=CN2C)c1. The van der Waals surface area contributed by atoms with Gasteiger partial charge in [-0.25, -0.2) is 9.55 Å². The predicted octanol–water partition coefficient (Wildman–Crippen LogP) is 0.171. The van der Waals surface area contributed by atoms with Gasteiger partial charge in [-0.2, -0.15) is 0 Å². The van der Waals surface area contributed by atoms with Gasteiger partial charge in [0.15, 0.2) is 11.8 Å². The topological polar surface area (TPSA) is 33.1 Å². The van der Waals surface area contributed by atoms with Crippen LogP contribution in [0.15, 0.2) is 34.9 Å². The van der Waals surface area contributed by atoms with Crippen LogP contribution in [-0.4, -0.2) is 23.7 Å². The van der Waals surface area contributed by atoms with Crippen LogP contribution in [0.1, 0.15) is 11.3 Å². The fraction of sp³-hybridized carbons (Fsp3) is 0.222. The third kappa shape index (κ3) is 2.24. The van der Waals surface area contributed by atoms with Gasteiger partial charge < -0.3 is 9.23 Å². The van der Waals surface area contributed by atoms with Crippen molar-refractivity contribution in [2.45, 2.75) is 13.8 Å². The second-order valence-electron chi connectivity index (χ2n) is 6.33. The van der Waals surface area contributed by atoms with E-state index in [9.17, 15) is 0 Å². The molecule has 0 amide bonds. The Labute approximate surface area is 135 Å². The molecule has 3 aromatic heterocycles. The smallest absolute Gasteiger partial charge is 0.399 e. The Kier molecular flexibility index (Phi) is 3.05. The Morgan fingerprint density at radius 1 is 1.22 bits per heavy atom. The second-order valence-corrected chi connectivity index (χ2v) is 6.33. The fourth-order valence-electron chi connectivity index (χ4n) is 3.20. The minimum Gasteiger partial charge on any atom is -0.439 e. The van der Waals surface area contributed by atoms with Crippen LogP contribution in [0.3, 0.4) is 0 Å². The van der Waals surface area contributed by atoms with Crippen molar-refractivity contribution in [1.29, 1.82) is 0 Å². The van der Waals surface area contributed by atoms with Crippen molar-refractivity contribution in [3.05, 3.63) is 52.4 Å². The van der Waals surface area contributed by atoms with Crippen molar-refractivity contribution in [3.63, 3.8) is 0 Å². The van der Waals surface area contributed by atoms with Gasteiger partial charge in [0.05, 0.1) is 0 Å². The van der Waals surface area contributed by atoms with E-state index in [2.05, 4.69) is 72.0 Å². The van der Waals surface area contributed by atoms with Crippen LogP contribution < -0.4 is 20.8 Å². The standard InChI is InChI=1S/C18H19BN3O/c1-12-7-8-21(3)17(9-12)19-10-16-15(11-22(19)4)14-6-5-13(2)20-18(14)23-16/h5-11H,1-4H3/q+1. The van der Waals surface area contributed by atoms with Crippen LogP contribution in [0, 0.1) is 13.8 Å². The molecule has 114 valence electrons. The van der Waals surface area contributed by atoms with Gasteiger partial charge in [-0.1, -0.05) is 0 Å². The van der Waals surface area contributed by atoms with E-state index >= 15 is 0 Å². The Morgan fingerprint density at radius 3 is 2.87 bits per heavy atom. The molecular weight excluding hydrogens is 285 g/mol. The Hall–Kier alpha value is -2.56. The highest BCUT2D eigenvalue weighted by Crippen LogP contribution is 2.09. The number of fused-ring (bicyclic) bond motifs is 3. The lowest BCUT2D eigenvalue weighted by Gasteiger charge is -2.20. The molecule has 23 heavy (non-hydrogen) atoms. The first-order valence-electron chi connectivity index (χ1n) is 7.81. The molecule has 0 saturated carbocycles. The average molecular weight is 304 g/mol. The molecule has 0 unspecified atom stereocenters. The third-order valence-electron chi connectivity index (χ3n) is 4.49. The summed E-state index contributed by atoms with van der Waals surface area (Å²) in [5, 5.41) is 2.18. The van der Waals surface area contributed by atoms with Crippen LogP contribution in [0.25, 0.3) is 23.3 Å². The van der Waals surface area contributed by atoms with E-state index in [1.807, 2.05) is 13.0 Å². The number of nitrogens with zero attached hydrogens (tertiary/aromatic N) is 3. The molecular formula is C18H19BN3O+. The summed E-state index contributed by atoms with van der Waals surface area (Å²) in [6, 6.07) is 8.46. The summed E-state index contributed by atoms with van der Waals surface area (Å²) in [5.74, 6) is 2.18. The molecule has 0 N–H and O–H groups in total. The molecule has 0 bridgehead atoms. The van der Waals surface area contributed by atoms with Gasteiger partial charge in [-0.15, -0.1) is 0 Å². The van der Waals surface area contributed by atoms with E-state index in [0.29, 0.717) is 5.71 Å². The zero-order chi connectivity index (χ0) is 16.1. The number of furan rings is 1. The molecule has 0 fully saturated rings. The molecule has 0 spiro atoms. The molecule has 0 saturated heterocycles. The lowest BCUT2D eigenvalue weighted by Crippen LogP contribution is -2.60. The minimum absolute atomic E-state index is 0.147. The summed E-state index contributed by atoms with van der Waals surface area (Å²) in [6.07, 6.45) is 4.26. The Balaban J connectivity index is 1.95. The van der Waals surface area contributed by atoms with E-state index in [1.54, 1.807) is 0 Å². The lowest BCUT2D eigenvalue weighted by atomic mass is 9.56. The van der Waals surface area contributed by atoms with Crippen LogP contribution in [0.5, 0.6) is 0 Å². The monoisotopic (exact) mass is 304 g/mol. The molecule has 4 rings (SSSR count). The maximum absolute atomic E-state index is 6.01. The molecule has 1 aliphatic rings. The maximum Gasteiger partial charge on any atom is 0.399 e. The van der Waals surface area contributed by atoms with E-state index in [0.717, 1.165) is 21.7 Å². The first-order valence-corrected chi connectivity index (χ1v) is 7.81. The maximum atomic E-state index is 6.01. The minimum atomic E-state index is 0.147. The molecule has 4 nitrogen and oxygen atoms in total. The number of hydrogen-bond donors (Lipinski definition) is 0. The molecule has 0 aromatic carbocycles. The Morgan fingerprint density at radius 2 is 2.04 bits per heavy atom. The van der Waals surface area contributed by atoms with Gasteiger partial charge >= 0.3 is 6.85 Å². The highest BCUT2D eigenvalue weighted by atomic mass is 16.3. The summed E-state index contributed by atoms with van der Waals surface area (Å²) >= 11 is 0. The van der Waals surface area contributed by atoms with Gasteiger partial charge in [0.25, 0.3) is 0 Å². The summed E-state index contributed by atoms with van der Waals surface area (Å²) in [5.41, 5.74) is 5.08. The zero-order valence-corrected chi connectivity index (χ0v) is 13.9. The van der Waals surface area contributed by atoms with Crippen molar-refractivity contribution in [1.82, 2.24) is 9.79 Å². The van der Waals surface area contributed by atoms with E-state index in [1.165, 1.54) is 11.2 Å². The summed E-state index contributed by atoms with van der Waals surface area (Å²) in [7, 11) is 4.18. The van der Waals surface area contributed by atoms with E-state index < -0.39 is 0 Å². The molecule has 0 atom stereocenters. The summed E-state index contributed by atoms with van der Waals surface area (Å²) in [6.45, 7) is 4.25. The van der Waals surface area contributed by atoms with Crippen LogP contribution >= 0.6 is 0 Å². The average Bonchev–Trinajstić information content (AvgIpc) is 2.85. The van der Waals surface area contributed by atoms with Gasteiger partial charge in [0, 0.05) is 28.4 Å². The second kappa shape index (κ2) is 4.98. The number of aromatic nitrogens is 2. The number of pyridine rings is 2. The molecule has 0 radical (unpaired) electrons. The molecule has 3 aromatic rings. The molecule has 4 heterocycles. The summed E-state index contributed by atoms with van der Waals surface area (Å²) < 4.78 is 8.17. The van der Waals surface area contributed by atoms with Crippen molar-refractivity contribution < 1.29 is 8.98 Å². The predicted molar refractivity (Wildman–Crippen MR) is 92.4 cm³/mol. The van der Waals surface area contributed by atoms with E-state index in [-0.39, 0.29) is 6.85 Å². The van der Waals surface area contributed by atoms with Gasteiger partial charge in [-0.05, 0) is 50.8 Å². The largest absolute Gasteiger partial charge is 0.439 e. The molecule has 5 heteroatoms.